The second-order valence-electron chi connectivity index (χ2n) is 8.70. The highest BCUT2D eigenvalue weighted by Crippen LogP contribution is 2.40. The number of amides is 1. The molecule has 2 N–H and O–H groups in total. The van der Waals surface area contributed by atoms with Crippen LogP contribution in [0.15, 0.2) is 30.3 Å². The van der Waals surface area contributed by atoms with Crippen LogP contribution in [0.5, 0.6) is 0 Å². The van der Waals surface area contributed by atoms with E-state index < -0.39 is 35.6 Å². The number of carboxylic acid groups (broad SMARTS) is 1. The van der Waals surface area contributed by atoms with Gasteiger partial charge in [-0.25, -0.2) is 4.79 Å². The van der Waals surface area contributed by atoms with Gasteiger partial charge in [0.25, 0.3) is 0 Å². The molecule has 4 atom stereocenters. The lowest BCUT2D eigenvalue weighted by atomic mass is 9.89. The molecule has 2 fully saturated rings. The summed E-state index contributed by atoms with van der Waals surface area (Å²) in [5, 5.41) is 12.9. The van der Waals surface area contributed by atoms with Gasteiger partial charge in [0.2, 0.25) is 5.91 Å². The molecule has 1 aromatic carbocycles. The molecule has 8 heteroatoms. The van der Waals surface area contributed by atoms with Crippen LogP contribution in [0, 0.1) is 0 Å². The summed E-state index contributed by atoms with van der Waals surface area (Å²) in [6.45, 7) is 4.66. The minimum Gasteiger partial charge on any atom is -0.480 e. The average molecular weight is 447 g/mol. The summed E-state index contributed by atoms with van der Waals surface area (Å²) < 4.78 is 10.9. The maximum atomic E-state index is 13.5. The summed E-state index contributed by atoms with van der Waals surface area (Å²) in [5.41, 5.74) is 0.504. The van der Waals surface area contributed by atoms with Gasteiger partial charge in [0.05, 0.1) is 24.8 Å². The molecule has 1 aromatic rings. The standard InChI is InChI=1S/C24H34N2O6/c1-3-32-23(30)19(11-10-18-8-5-4-6-9-18)25-17(2)21(27)26-20(22(28)29)12-14-24(26)13-7-15-31-16-24/h4-6,8-9,17,19-20,25H,3,7,10-16H2,1-2H3,(H,28,29)/t17?,19-,20-,24?/m0/s1. The van der Waals surface area contributed by atoms with E-state index >= 15 is 0 Å². The maximum absolute atomic E-state index is 13.5. The first-order valence-electron chi connectivity index (χ1n) is 11.5. The van der Waals surface area contributed by atoms with Crippen LogP contribution < -0.4 is 5.32 Å². The van der Waals surface area contributed by atoms with E-state index in [1.807, 2.05) is 30.3 Å². The maximum Gasteiger partial charge on any atom is 0.326 e. The third-order valence-electron chi connectivity index (χ3n) is 6.49. The molecule has 8 nitrogen and oxygen atoms in total. The monoisotopic (exact) mass is 446 g/mol. The molecule has 0 aliphatic carbocycles. The molecule has 32 heavy (non-hydrogen) atoms. The average Bonchev–Trinajstić information content (AvgIpc) is 3.15. The van der Waals surface area contributed by atoms with Crippen molar-refractivity contribution in [2.24, 2.45) is 0 Å². The number of aryl methyl sites for hydroxylation is 1. The topological polar surface area (TPSA) is 105 Å². The molecule has 3 rings (SSSR count). The summed E-state index contributed by atoms with van der Waals surface area (Å²) >= 11 is 0. The predicted octanol–water partition coefficient (Wildman–Crippen LogP) is 2.15. The molecule has 1 amide bonds. The second-order valence-corrected chi connectivity index (χ2v) is 8.70. The third-order valence-corrected chi connectivity index (χ3v) is 6.49. The number of nitrogens with zero attached hydrogens (tertiary/aromatic N) is 1. The molecule has 2 heterocycles. The van der Waals surface area contributed by atoms with E-state index in [-0.39, 0.29) is 12.5 Å². The van der Waals surface area contributed by atoms with Gasteiger partial charge in [-0.1, -0.05) is 30.3 Å². The molecule has 0 saturated carbocycles. The number of likely N-dealkylation sites (tertiary alicyclic amines) is 1. The number of benzene rings is 1. The Labute approximate surface area is 189 Å². The number of carbonyl (C=O) groups is 3. The molecular weight excluding hydrogens is 412 g/mol. The van der Waals surface area contributed by atoms with Crippen molar-refractivity contribution in [2.45, 2.75) is 76.0 Å². The number of hydrogen-bond donors (Lipinski definition) is 2. The molecule has 2 aliphatic heterocycles. The van der Waals surface area contributed by atoms with Crippen LogP contribution in [0.4, 0.5) is 0 Å². The van der Waals surface area contributed by atoms with Crippen LogP contribution in [0.25, 0.3) is 0 Å². The molecule has 1 spiro atoms. The Bertz CT molecular complexity index is 793. The summed E-state index contributed by atoms with van der Waals surface area (Å²) in [6, 6.07) is 7.52. The van der Waals surface area contributed by atoms with Crippen molar-refractivity contribution in [2.75, 3.05) is 19.8 Å². The number of rotatable bonds is 9. The zero-order valence-corrected chi connectivity index (χ0v) is 18.9. The van der Waals surface area contributed by atoms with Gasteiger partial charge >= 0.3 is 11.9 Å². The Hall–Kier alpha value is -2.45. The third kappa shape index (κ3) is 5.48. The molecule has 2 aliphatic rings. The van der Waals surface area contributed by atoms with Crippen molar-refractivity contribution in [3.05, 3.63) is 35.9 Å². The first kappa shape index (κ1) is 24.2. The Kier molecular flexibility index (Phi) is 8.26. The predicted molar refractivity (Wildman–Crippen MR) is 118 cm³/mol. The molecule has 2 unspecified atom stereocenters. The highest BCUT2D eigenvalue weighted by molar-refractivity contribution is 5.89. The lowest BCUT2D eigenvalue weighted by Gasteiger charge is -2.43. The number of ether oxygens (including phenoxy) is 2. The molecule has 2 saturated heterocycles. The quantitative estimate of drug-likeness (QED) is 0.560. The molecule has 0 bridgehead atoms. The zero-order valence-electron chi connectivity index (χ0n) is 18.9. The molecule has 0 aromatic heterocycles. The van der Waals surface area contributed by atoms with Crippen LogP contribution in [0.2, 0.25) is 0 Å². The smallest absolute Gasteiger partial charge is 0.326 e. The van der Waals surface area contributed by atoms with Gasteiger partial charge in [-0.3, -0.25) is 14.9 Å². The van der Waals surface area contributed by atoms with E-state index in [2.05, 4.69) is 5.32 Å². The number of esters is 1. The number of nitrogens with one attached hydrogen (secondary N) is 1. The van der Waals surface area contributed by atoms with Crippen molar-refractivity contribution in [3.8, 4) is 0 Å². The van der Waals surface area contributed by atoms with Gasteiger partial charge in [0, 0.05) is 6.61 Å². The van der Waals surface area contributed by atoms with E-state index in [4.69, 9.17) is 9.47 Å². The van der Waals surface area contributed by atoms with Crippen molar-refractivity contribution in [1.29, 1.82) is 0 Å². The van der Waals surface area contributed by atoms with Crippen LogP contribution >= 0.6 is 0 Å². The van der Waals surface area contributed by atoms with Crippen LogP contribution in [-0.4, -0.2) is 71.3 Å². The highest BCUT2D eigenvalue weighted by Gasteiger charge is 2.53. The second kappa shape index (κ2) is 10.9. The van der Waals surface area contributed by atoms with Crippen LogP contribution in [0.1, 0.15) is 51.5 Å². The summed E-state index contributed by atoms with van der Waals surface area (Å²) in [7, 11) is 0. The van der Waals surface area contributed by atoms with E-state index in [9.17, 15) is 19.5 Å². The fraction of sp³-hybridized carbons (Fsp3) is 0.625. The number of aliphatic carboxylic acids is 1. The molecule has 176 valence electrons. The summed E-state index contributed by atoms with van der Waals surface area (Å²) in [5.74, 6) is -1.72. The normalized spacial score (nSPS) is 24.8. The Balaban J connectivity index is 1.74. The minimum atomic E-state index is -1.00. The van der Waals surface area contributed by atoms with E-state index in [0.717, 1.165) is 18.4 Å². The Morgan fingerprint density at radius 2 is 2.03 bits per heavy atom. The Morgan fingerprint density at radius 1 is 1.28 bits per heavy atom. The van der Waals surface area contributed by atoms with Crippen LogP contribution in [0.3, 0.4) is 0 Å². The number of carbonyl (C=O) groups excluding carboxylic acids is 2. The molecular formula is C24H34N2O6. The zero-order chi connectivity index (χ0) is 23.1. The van der Waals surface area contributed by atoms with Crippen LogP contribution in [-0.2, 0) is 30.3 Å². The highest BCUT2D eigenvalue weighted by atomic mass is 16.5. The lowest BCUT2D eigenvalue weighted by molar-refractivity contribution is -0.158. The fourth-order valence-electron chi connectivity index (χ4n) is 4.88. The fourth-order valence-corrected chi connectivity index (χ4v) is 4.88. The largest absolute Gasteiger partial charge is 0.480 e. The lowest BCUT2D eigenvalue weighted by Crippen LogP contribution is -2.61. The molecule has 0 radical (unpaired) electrons. The van der Waals surface area contributed by atoms with E-state index in [0.29, 0.717) is 38.9 Å². The number of hydrogen-bond acceptors (Lipinski definition) is 6. The summed E-state index contributed by atoms with van der Waals surface area (Å²) in [4.78, 5) is 39.5. The van der Waals surface area contributed by atoms with Gasteiger partial charge in [-0.15, -0.1) is 0 Å². The SMILES string of the molecule is CCOC(=O)[C@H](CCc1ccccc1)NC(C)C(=O)N1[C@H](C(=O)O)CCC12CCCOC2. The van der Waals surface area contributed by atoms with Gasteiger partial charge in [-0.05, 0) is 57.9 Å². The van der Waals surface area contributed by atoms with Gasteiger partial charge in [-0.2, -0.15) is 0 Å². The van der Waals surface area contributed by atoms with Crippen molar-refractivity contribution in [1.82, 2.24) is 10.2 Å². The van der Waals surface area contributed by atoms with E-state index in [1.54, 1.807) is 13.8 Å². The number of carboxylic acids is 1. The first-order valence-corrected chi connectivity index (χ1v) is 11.5. The van der Waals surface area contributed by atoms with Gasteiger partial charge in [0.15, 0.2) is 0 Å². The summed E-state index contributed by atoms with van der Waals surface area (Å²) in [6.07, 6.45) is 3.66. The minimum absolute atomic E-state index is 0.248. The van der Waals surface area contributed by atoms with Crippen molar-refractivity contribution in [3.63, 3.8) is 0 Å². The van der Waals surface area contributed by atoms with E-state index in [1.165, 1.54) is 4.90 Å². The van der Waals surface area contributed by atoms with Gasteiger partial charge in [0.1, 0.15) is 12.1 Å². The van der Waals surface area contributed by atoms with Crippen molar-refractivity contribution < 1.29 is 29.0 Å². The first-order chi connectivity index (χ1) is 15.4. The van der Waals surface area contributed by atoms with Crippen molar-refractivity contribution >= 4 is 17.8 Å². The Morgan fingerprint density at radius 3 is 2.66 bits per heavy atom. The van der Waals surface area contributed by atoms with Gasteiger partial charge < -0.3 is 19.5 Å².